The summed E-state index contributed by atoms with van der Waals surface area (Å²) in [6.45, 7) is 8.14. The lowest BCUT2D eigenvalue weighted by Crippen LogP contribution is -2.60. The molecule has 230 valence electrons. The lowest BCUT2D eigenvalue weighted by atomic mass is 9.91. The Labute approximate surface area is 249 Å². The van der Waals surface area contributed by atoms with Gasteiger partial charge in [0.15, 0.2) is 0 Å². The van der Waals surface area contributed by atoms with Gasteiger partial charge in [-0.3, -0.25) is 14.9 Å². The number of urea groups is 1. The number of primary amides is 1. The van der Waals surface area contributed by atoms with Crippen molar-refractivity contribution in [2.75, 3.05) is 13.1 Å². The van der Waals surface area contributed by atoms with Crippen LogP contribution in [-0.2, 0) is 27.2 Å². The molecular weight excluding hydrogens is 534 g/mol. The van der Waals surface area contributed by atoms with Gasteiger partial charge in [-0.2, -0.15) is 0 Å². The summed E-state index contributed by atoms with van der Waals surface area (Å²) in [6, 6.07) is 17.4. The van der Waals surface area contributed by atoms with Crippen LogP contribution in [0.3, 0.4) is 0 Å². The summed E-state index contributed by atoms with van der Waals surface area (Å²) in [4.78, 5) is 50.4. The van der Waals surface area contributed by atoms with Crippen LogP contribution in [0.15, 0.2) is 60.7 Å². The molecule has 42 heavy (non-hydrogen) atoms. The lowest BCUT2D eigenvalue weighted by Gasteiger charge is -2.31. The average Bonchev–Trinajstić information content (AvgIpc) is 2.91. The van der Waals surface area contributed by atoms with Crippen molar-refractivity contribution in [3.8, 4) is 0 Å². The first-order chi connectivity index (χ1) is 19.9. The van der Waals surface area contributed by atoms with E-state index in [2.05, 4.69) is 21.3 Å². The molecule has 0 aromatic heterocycles. The van der Waals surface area contributed by atoms with Crippen molar-refractivity contribution in [3.05, 3.63) is 71.8 Å². The second-order valence-electron chi connectivity index (χ2n) is 11.7. The van der Waals surface area contributed by atoms with E-state index in [1.54, 1.807) is 27.7 Å². The predicted molar refractivity (Wildman–Crippen MR) is 164 cm³/mol. The molecule has 0 radical (unpaired) electrons. The van der Waals surface area contributed by atoms with Crippen molar-refractivity contribution >= 4 is 23.9 Å². The van der Waals surface area contributed by atoms with Crippen LogP contribution in [0.25, 0.3) is 0 Å². The average molecular weight is 582 g/mol. The van der Waals surface area contributed by atoms with Crippen molar-refractivity contribution in [2.24, 2.45) is 5.73 Å². The Balaban J connectivity index is 2.07. The third kappa shape index (κ3) is 13.6. The van der Waals surface area contributed by atoms with Crippen LogP contribution in [0.2, 0.25) is 0 Å². The van der Waals surface area contributed by atoms with E-state index in [9.17, 15) is 19.2 Å². The normalized spacial score (nSPS) is 13.3. The fraction of sp³-hybridized carbons (Fsp3) is 0.500. The zero-order chi connectivity index (χ0) is 31.0. The zero-order valence-corrected chi connectivity index (χ0v) is 25.3. The maximum Gasteiger partial charge on any atom is 0.408 e. The number of unbranched alkanes of at least 4 members (excludes halogenated alkanes) is 4. The standard InChI is InChI=1S/C32H47N5O5/c1-31(2,3)42-30(41)36-26(22-24-16-10-8-11-17-24)27(38)37-28(39)32(4,23-25-18-12-9-13-19-25)35-21-15-7-5-6-14-20-34-29(33)40/h8-13,16-19,26,35H,5-7,14-15,20-23H2,1-4H3,(H,36,41)(H3,33,34,40)(H,37,38,39). The second-order valence-corrected chi connectivity index (χ2v) is 11.7. The van der Waals surface area contributed by atoms with Gasteiger partial charge in [0.05, 0.1) is 5.54 Å². The van der Waals surface area contributed by atoms with E-state index in [-0.39, 0.29) is 6.42 Å². The number of hydrogen-bond acceptors (Lipinski definition) is 6. The van der Waals surface area contributed by atoms with Gasteiger partial charge in [-0.25, -0.2) is 9.59 Å². The maximum atomic E-state index is 13.7. The lowest BCUT2D eigenvalue weighted by molar-refractivity contribution is -0.135. The van der Waals surface area contributed by atoms with Gasteiger partial charge in [0.25, 0.3) is 0 Å². The van der Waals surface area contributed by atoms with Gasteiger partial charge in [-0.1, -0.05) is 79.9 Å². The van der Waals surface area contributed by atoms with Gasteiger partial charge in [-0.15, -0.1) is 0 Å². The molecule has 0 fully saturated rings. The Morgan fingerprint density at radius 2 is 1.33 bits per heavy atom. The molecule has 0 saturated carbocycles. The van der Waals surface area contributed by atoms with Gasteiger partial charge in [0.1, 0.15) is 11.6 Å². The highest BCUT2D eigenvalue weighted by Crippen LogP contribution is 2.16. The molecule has 0 aliphatic heterocycles. The predicted octanol–water partition coefficient (Wildman–Crippen LogP) is 3.98. The molecule has 0 aliphatic rings. The van der Waals surface area contributed by atoms with Gasteiger partial charge >= 0.3 is 12.1 Å². The molecule has 2 atom stereocenters. The molecule has 2 unspecified atom stereocenters. The minimum atomic E-state index is -1.08. The molecule has 0 spiro atoms. The number of nitrogens with one attached hydrogen (secondary N) is 4. The van der Waals surface area contributed by atoms with Crippen LogP contribution in [0.5, 0.6) is 0 Å². The number of carbonyl (C=O) groups excluding carboxylic acids is 4. The number of alkyl carbamates (subject to hydrolysis) is 1. The molecule has 6 N–H and O–H groups in total. The summed E-state index contributed by atoms with van der Waals surface area (Å²) >= 11 is 0. The molecule has 0 heterocycles. The van der Waals surface area contributed by atoms with Crippen molar-refractivity contribution < 1.29 is 23.9 Å². The summed E-state index contributed by atoms with van der Waals surface area (Å²) in [6.07, 6.45) is 4.42. The fourth-order valence-corrected chi connectivity index (χ4v) is 4.43. The second kappa shape index (κ2) is 17.1. The molecule has 10 nitrogen and oxygen atoms in total. The number of amides is 5. The smallest absolute Gasteiger partial charge is 0.408 e. The summed E-state index contributed by atoms with van der Waals surface area (Å²) in [5.74, 6) is -1.08. The first kappa shape index (κ1) is 34.3. The number of benzene rings is 2. The molecular formula is C32H47N5O5. The zero-order valence-electron chi connectivity index (χ0n) is 25.3. The Bertz CT molecular complexity index is 1140. The van der Waals surface area contributed by atoms with Gasteiger partial charge in [0.2, 0.25) is 11.8 Å². The summed E-state index contributed by atoms with van der Waals surface area (Å²) in [5.41, 5.74) is 5.04. The fourth-order valence-electron chi connectivity index (χ4n) is 4.43. The van der Waals surface area contributed by atoms with E-state index < -0.39 is 41.1 Å². The monoisotopic (exact) mass is 581 g/mol. The van der Waals surface area contributed by atoms with Crippen LogP contribution in [0.4, 0.5) is 9.59 Å². The molecule has 0 bridgehead atoms. The Kier molecular flexibility index (Phi) is 14.0. The highest BCUT2D eigenvalue weighted by atomic mass is 16.6. The highest BCUT2D eigenvalue weighted by Gasteiger charge is 2.36. The summed E-state index contributed by atoms with van der Waals surface area (Å²) in [7, 11) is 0. The number of nitrogens with two attached hydrogens (primary N) is 1. The Morgan fingerprint density at radius 1 is 0.786 bits per heavy atom. The van der Waals surface area contributed by atoms with Crippen molar-refractivity contribution in [1.29, 1.82) is 0 Å². The minimum absolute atomic E-state index is 0.191. The van der Waals surface area contributed by atoms with E-state index in [0.29, 0.717) is 19.5 Å². The van der Waals surface area contributed by atoms with E-state index >= 15 is 0 Å². The summed E-state index contributed by atoms with van der Waals surface area (Å²) in [5, 5.41) is 11.2. The van der Waals surface area contributed by atoms with E-state index in [4.69, 9.17) is 10.5 Å². The quantitative estimate of drug-likeness (QED) is 0.189. The molecule has 2 rings (SSSR count). The Morgan fingerprint density at radius 3 is 1.90 bits per heavy atom. The van der Waals surface area contributed by atoms with Crippen LogP contribution in [-0.4, -0.2) is 54.2 Å². The molecule has 5 amide bonds. The number of hydrogen-bond donors (Lipinski definition) is 5. The van der Waals surface area contributed by atoms with Crippen LogP contribution < -0.4 is 27.0 Å². The number of carbonyl (C=O) groups is 4. The number of ether oxygens (including phenoxy) is 1. The topological polar surface area (TPSA) is 152 Å². The summed E-state index contributed by atoms with van der Waals surface area (Å²) < 4.78 is 5.37. The van der Waals surface area contributed by atoms with E-state index in [0.717, 1.165) is 43.2 Å². The largest absolute Gasteiger partial charge is 0.444 e. The van der Waals surface area contributed by atoms with Crippen molar-refractivity contribution in [1.82, 2.24) is 21.3 Å². The van der Waals surface area contributed by atoms with E-state index in [1.165, 1.54) is 0 Å². The maximum absolute atomic E-state index is 13.7. The van der Waals surface area contributed by atoms with Crippen molar-refractivity contribution in [3.63, 3.8) is 0 Å². The van der Waals surface area contributed by atoms with Gasteiger partial charge in [0, 0.05) is 13.0 Å². The van der Waals surface area contributed by atoms with Gasteiger partial charge < -0.3 is 26.4 Å². The van der Waals surface area contributed by atoms with Crippen molar-refractivity contribution in [2.45, 2.75) is 89.8 Å². The molecule has 10 heteroatoms. The minimum Gasteiger partial charge on any atom is -0.444 e. The Hall–Kier alpha value is -3.92. The highest BCUT2D eigenvalue weighted by molar-refractivity contribution is 6.02. The first-order valence-electron chi connectivity index (χ1n) is 14.6. The third-order valence-electron chi connectivity index (χ3n) is 6.60. The van der Waals surface area contributed by atoms with Gasteiger partial charge in [-0.05, 0) is 64.6 Å². The van der Waals surface area contributed by atoms with E-state index in [1.807, 2.05) is 60.7 Å². The van der Waals surface area contributed by atoms with Crippen LogP contribution in [0, 0.1) is 0 Å². The number of imide groups is 1. The number of rotatable bonds is 16. The molecule has 0 saturated heterocycles. The molecule has 2 aromatic rings. The molecule has 0 aliphatic carbocycles. The van der Waals surface area contributed by atoms with Crippen LogP contribution in [0.1, 0.15) is 70.9 Å². The first-order valence-corrected chi connectivity index (χ1v) is 14.6. The SMILES string of the molecule is CC(C)(C)OC(=O)NC(Cc1ccccc1)C(=O)NC(=O)C(C)(Cc1ccccc1)NCCCCCCCNC(N)=O. The third-order valence-corrected chi connectivity index (χ3v) is 6.60. The van der Waals surface area contributed by atoms with Crippen LogP contribution >= 0.6 is 0 Å². The molecule has 2 aromatic carbocycles.